The van der Waals surface area contributed by atoms with E-state index in [1.165, 1.54) is 0 Å². The third-order valence-electron chi connectivity index (χ3n) is 2.68. The first-order chi connectivity index (χ1) is 9.65. The van der Waals surface area contributed by atoms with Gasteiger partial charge in [-0.1, -0.05) is 12.1 Å². The summed E-state index contributed by atoms with van der Waals surface area (Å²) in [5, 5.41) is 2.78. The highest BCUT2D eigenvalue weighted by atomic mass is 16.5. The SMILES string of the molecule is CCOC(=O)CCCNC(=O)Cc1cccc(OC)c1. The summed E-state index contributed by atoms with van der Waals surface area (Å²) in [4.78, 5) is 22.8. The van der Waals surface area contributed by atoms with Gasteiger partial charge in [0.05, 0.1) is 20.1 Å². The van der Waals surface area contributed by atoms with Crippen LogP contribution >= 0.6 is 0 Å². The predicted octanol–water partition coefficient (Wildman–Crippen LogP) is 1.70. The standard InChI is InChI=1S/C15H21NO4/c1-3-20-15(18)8-5-9-16-14(17)11-12-6-4-7-13(10-12)19-2/h4,6-7,10H,3,5,8-9,11H2,1-2H3,(H,16,17). The second-order valence-electron chi connectivity index (χ2n) is 4.29. The Hall–Kier alpha value is -2.04. The van der Waals surface area contributed by atoms with E-state index >= 15 is 0 Å². The number of esters is 1. The minimum absolute atomic E-state index is 0.0675. The van der Waals surface area contributed by atoms with Gasteiger partial charge < -0.3 is 14.8 Å². The van der Waals surface area contributed by atoms with Crippen molar-refractivity contribution >= 4 is 11.9 Å². The number of amides is 1. The number of rotatable bonds is 8. The predicted molar refractivity (Wildman–Crippen MR) is 75.6 cm³/mol. The number of carbonyl (C=O) groups is 2. The minimum atomic E-state index is -0.227. The Morgan fingerprint density at radius 1 is 1.30 bits per heavy atom. The number of ether oxygens (including phenoxy) is 2. The fraction of sp³-hybridized carbons (Fsp3) is 0.467. The number of benzene rings is 1. The summed E-state index contributed by atoms with van der Waals surface area (Å²) in [5.41, 5.74) is 0.896. The van der Waals surface area contributed by atoms with Crippen molar-refractivity contribution in [3.8, 4) is 5.75 Å². The lowest BCUT2D eigenvalue weighted by atomic mass is 10.1. The van der Waals surface area contributed by atoms with E-state index in [4.69, 9.17) is 9.47 Å². The molecule has 0 bridgehead atoms. The molecule has 0 saturated carbocycles. The summed E-state index contributed by atoms with van der Waals surface area (Å²) in [6.45, 7) is 2.64. The summed E-state index contributed by atoms with van der Waals surface area (Å²) in [7, 11) is 1.59. The molecule has 0 aliphatic carbocycles. The fourth-order valence-corrected chi connectivity index (χ4v) is 1.72. The molecule has 1 amide bonds. The molecule has 5 nitrogen and oxygen atoms in total. The minimum Gasteiger partial charge on any atom is -0.497 e. The molecule has 0 fully saturated rings. The normalized spacial score (nSPS) is 9.90. The summed E-state index contributed by atoms with van der Waals surface area (Å²) in [6.07, 6.45) is 1.21. The van der Waals surface area contributed by atoms with Crippen molar-refractivity contribution in [3.05, 3.63) is 29.8 Å². The zero-order valence-electron chi connectivity index (χ0n) is 12.0. The topological polar surface area (TPSA) is 64.6 Å². The van der Waals surface area contributed by atoms with Crippen molar-refractivity contribution in [2.24, 2.45) is 0 Å². The zero-order chi connectivity index (χ0) is 14.8. The van der Waals surface area contributed by atoms with Gasteiger partial charge in [0.15, 0.2) is 0 Å². The zero-order valence-corrected chi connectivity index (χ0v) is 12.0. The van der Waals surface area contributed by atoms with Gasteiger partial charge in [-0.25, -0.2) is 0 Å². The fourth-order valence-electron chi connectivity index (χ4n) is 1.72. The van der Waals surface area contributed by atoms with E-state index in [-0.39, 0.29) is 11.9 Å². The van der Waals surface area contributed by atoms with Crippen molar-refractivity contribution in [3.63, 3.8) is 0 Å². The molecule has 110 valence electrons. The van der Waals surface area contributed by atoms with Crippen LogP contribution in [0.25, 0.3) is 0 Å². The molecule has 0 saturated heterocycles. The van der Waals surface area contributed by atoms with Gasteiger partial charge in [0.25, 0.3) is 0 Å². The molecule has 0 spiro atoms. The number of methoxy groups -OCH3 is 1. The highest BCUT2D eigenvalue weighted by molar-refractivity contribution is 5.78. The molecule has 20 heavy (non-hydrogen) atoms. The van der Waals surface area contributed by atoms with Crippen molar-refractivity contribution in [1.82, 2.24) is 5.32 Å². The molecule has 0 aromatic heterocycles. The highest BCUT2D eigenvalue weighted by Gasteiger charge is 2.05. The van der Waals surface area contributed by atoms with Crippen LogP contribution in [0.3, 0.4) is 0 Å². The van der Waals surface area contributed by atoms with E-state index in [0.717, 1.165) is 11.3 Å². The lowest BCUT2D eigenvalue weighted by molar-refractivity contribution is -0.143. The quantitative estimate of drug-likeness (QED) is 0.581. The van der Waals surface area contributed by atoms with Crippen molar-refractivity contribution < 1.29 is 19.1 Å². The Morgan fingerprint density at radius 2 is 2.10 bits per heavy atom. The summed E-state index contributed by atoms with van der Waals surface area (Å²) in [6, 6.07) is 7.39. The summed E-state index contributed by atoms with van der Waals surface area (Å²) < 4.78 is 9.91. The van der Waals surface area contributed by atoms with Crippen LogP contribution in [0.1, 0.15) is 25.3 Å². The Balaban J connectivity index is 2.24. The molecule has 1 N–H and O–H groups in total. The smallest absolute Gasteiger partial charge is 0.305 e. The third-order valence-corrected chi connectivity index (χ3v) is 2.68. The van der Waals surface area contributed by atoms with Gasteiger partial charge in [0.2, 0.25) is 5.91 Å². The van der Waals surface area contributed by atoms with E-state index in [1.54, 1.807) is 14.0 Å². The molecule has 5 heteroatoms. The van der Waals surface area contributed by atoms with Crippen molar-refractivity contribution in [2.45, 2.75) is 26.2 Å². The second-order valence-corrected chi connectivity index (χ2v) is 4.29. The maximum absolute atomic E-state index is 11.7. The molecular formula is C15H21NO4. The van der Waals surface area contributed by atoms with Gasteiger partial charge in [0.1, 0.15) is 5.75 Å². The number of nitrogens with one attached hydrogen (secondary N) is 1. The molecule has 0 atom stereocenters. The van der Waals surface area contributed by atoms with Crippen LogP contribution in [0.2, 0.25) is 0 Å². The van der Waals surface area contributed by atoms with Crippen LogP contribution < -0.4 is 10.1 Å². The van der Waals surface area contributed by atoms with Gasteiger partial charge in [0, 0.05) is 13.0 Å². The molecule has 0 aliphatic heterocycles. The van der Waals surface area contributed by atoms with E-state index in [0.29, 0.717) is 32.4 Å². The van der Waals surface area contributed by atoms with Crippen molar-refractivity contribution in [2.75, 3.05) is 20.3 Å². The van der Waals surface area contributed by atoms with Crippen LogP contribution in [-0.4, -0.2) is 32.1 Å². The second kappa shape index (κ2) is 8.96. The average Bonchev–Trinajstić information content (AvgIpc) is 2.44. The Morgan fingerprint density at radius 3 is 2.80 bits per heavy atom. The Labute approximate surface area is 119 Å². The first-order valence-electron chi connectivity index (χ1n) is 6.71. The molecule has 0 aliphatic rings. The van der Waals surface area contributed by atoms with E-state index < -0.39 is 0 Å². The molecule has 1 aromatic rings. The molecule has 0 radical (unpaired) electrons. The number of hydrogen-bond donors (Lipinski definition) is 1. The monoisotopic (exact) mass is 279 g/mol. The Kier molecular flexibility index (Phi) is 7.17. The van der Waals surface area contributed by atoms with Gasteiger partial charge in [-0.3, -0.25) is 9.59 Å². The molecule has 0 heterocycles. The average molecular weight is 279 g/mol. The van der Waals surface area contributed by atoms with Gasteiger partial charge in [-0.2, -0.15) is 0 Å². The maximum atomic E-state index is 11.7. The molecule has 0 unspecified atom stereocenters. The van der Waals surface area contributed by atoms with Gasteiger partial charge >= 0.3 is 5.97 Å². The molecule has 1 rings (SSSR count). The van der Waals surface area contributed by atoms with Crippen molar-refractivity contribution in [1.29, 1.82) is 0 Å². The van der Waals surface area contributed by atoms with Crippen LogP contribution in [-0.2, 0) is 20.7 Å². The number of carbonyl (C=O) groups excluding carboxylic acids is 2. The third kappa shape index (κ3) is 6.22. The van der Waals surface area contributed by atoms with Crippen LogP contribution in [0.5, 0.6) is 5.75 Å². The first-order valence-corrected chi connectivity index (χ1v) is 6.71. The lowest BCUT2D eigenvalue weighted by Crippen LogP contribution is -2.26. The Bertz CT molecular complexity index is 445. The highest BCUT2D eigenvalue weighted by Crippen LogP contribution is 2.12. The largest absolute Gasteiger partial charge is 0.497 e. The maximum Gasteiger partial charge on any atom is 0.305 e. The molecule has 1 aromatic carbocycles. The first kappa shape index (κ1) is 16.0. The number of hydrogen-bond acceptors (Lipinski definition) is 4. The lowest BCUT2D eigenvalue weighted by Gasteiger charge is -2.06. The van der Waals surface area contributed by atoms with Crippen LogP contribution in [0, 0.1) is 0 Å². The van der Waals surface area contributed by atoms with E-state index in [1.807, 2.05) is 24.3 Å². The van der Waals surface area contributed by atoms with Gasteiger partial charge in [-0.15, -0.1) is 0 Å². The van der Waals surface area contributed by atoms with Crippen LogP contribution in [0.4, 0.5) is 0 Å². The van der Waals surface area contributed by atoms with E-state index in [2.05, 4.69) is 5.32 Å². The summed E-state index contributed by atoms with van der Waals surface area (Å²) >= 11 is 0. The molecular weight excluding hydrogens is 258 g/mol. The van der Waals surface area contributed by atoms with Crippen LogP contribution in [0.15, 0.2) is 24.3 Å². The van der Waals surface area contributed by atoms with Gasteiger partial charge in [-0.05, 0) is 31.0 Å². The van der Waals surface area contributed by atoms with E-state index in [9.17, 15) is 9.59 Å². The summed E-state index contributed by atoms with van der Waals surface area (Å²) in [5.74, 6) is 0.439.